The molecule has 0 aliphatic carbocycles. The fourth-order valence-electron chi connectivity index (χ4n) is 1.42. The lowest BCUT2D eigenvalue weighted by Gasteiger charge is -2.07. The van der Waals surface area contributed by atoms with Gasteiger partial charge >= 0.3 is 6.18 Å². The van der Waals surface area contributed by atoms with E-state index in [0.29, 0.717) is 15.8 Å². The van der Waals surface area contributed by atoms with E-state index in [9.17, 15) is 18.0 Å². The Balaban J connectivity index is 2.57. The number of halogens is 4. The molecule has 0 radical (unpaired) electrons. The van der Waals surface area contributed by atoms with E-state index < -0.39 is 24.8 Å². The quantitative estimate of drug-likeness (QED) is 0.820. The highest BCUT2D eigenvalue weighted by molar-refractivity contribution is 9.10. The van der Waals surface area contributed by atoms with Crippen LogP contribution in [-0.2, 0) is 11.2 Å². The number of benzene rings is 1. The molecule has 1 aromatic rings. The Labute approximate surface area is 111 Å². The van der Waals surface area contributed by atoms with E-state index in [1.165, 1.54) is 7.11 Å². The molecule has 2 nitrogen and oxygen atoms in total. The van der Waals surface area contributed by atoms with Gasteiger partial charge in [-0.2, -0.15) is 13.2 Å². The van der Waals surface area contributed by atoms with E-state index in [0.717, 1.165) is 0 Å². The van der Waals surface area contributed by atoms with Crippen molar-refractivity contribution >= 4 is 21.7 Å². The Hall–Kier alpha value is -1.04. The van der Waals surface area contributed by atoms with Crippen molar-refractivity contribution < 1.29 is 22.7 Å². The minimum atomic E-state index is -4.28. The number of alkyl halides is 3. The second kappa shape index (κ2) is 6.22. The number of methoxy groups -OCH3 is 1. The molecule has 0 amide bonds. The average Bonchev–Trinajstić information content (AvgIpc) is 2.26. The maximum atomic E-state index is 11.9. The number of ether oxygens (including phenoxy) is 1. The van der Waals surface area contributed by atoms with Gasteiger partial charge in [-0.15, -0.1) is 0 Å². The van der Waals surface area contributed by atoms with Gasteiger partial charge in [-0.1, -0.05) is 6.07 Å². The van der Waals surface area contributed by atoms with Gasteiger partial charge in [0.15, 0.2) is 0 Å². The molecule has 18 heavy (non-hydrogen) atoms. The molecule has 0 fully saturated rings. The van der Waals surface area contributed by atoms with Gasteiger partial charge in [0.1, 0.15) is 11.5 Å². The molecule has 100 valence electrons. The SMILES string of the molecule is COc1ccc(CC(=O)CCC(F)(F)F)cc1Br. The van der Waals surface area contributed by atoms with Crippen LogP contribution in [0, 0.1) is 0 Å². The summed E-state index contributed by atoms with van der Waals surface area (Å²) >= 11 is 3.25. The standard InChI is InChI=1S/C12H12BrF3O2/c1-18-11-3-2-8(7-10(11)13)6-9(17)4-5-12(14,15)16/h2-3,7H,4-6H2,1H3. The molecule has 0 aliphatic heterocycles. The lowest BCUT2D eigenvalue weighted by atomic mass is 10.1. The number of hydrogen-bond donors (Lipinski definition) is 0. The van der Waals surface area contributed by atoms with Crippen molar-refractivity contribution in [1.82, 2.24) is 0 Å². The minimum absolute atomic E-state index is 0.00132. The third kappa shape index (κ3) is 5.08. The van der Waals surface area contributed by atoms with Crippen LogP contribution in [0.5, 0.6) is 5.75 Å². The van der Waals surface area contributed by atoms with Crippen molar-refractivity contribution in [2.24, 2.45) is 0 Å². The molecule has 0 heterocycles. The van der Waals surface area contributed by atoms with E-state index >= 15 is 0 Å². The zero-order valence-corrected chi connectivity index (χ0v) is 11.3. The summed E-state index contributed by atoms with van der Waals surface area (Å²) in [4.78, 5) is 11.4. The predicted molar refractivity (Wildman–Crippen MR) is 64.7 cm³/mol. The zero-order chi connectivity index (χ0) is 13.8. The van der Waals surface area contributed by atoms with Crippen molar-refractivity contribution in [3.63, 3.8) is 0 Å². The molecule has 0 bridgehead atoms. The Morgan fingerprint density at radius 2 is 2.06 bits per heavy atom. The monoisotopic (exact) mass is 324 g/mol. The molecule has 0 unspecified atom stereocenters. The summed E-state index contributed by atoms with van der Waals surface area (Å²) < 4.78 is 41.5. The van der Waals surface area contributed by atoms with Gasteiger partial charge in [0.25, 0.3) is 0 Å². The molecular formula is C12H12BrF3O2. The third-order valence-electron chi connectivity index (χ3n) is 2.30. The second-order valence-corrected chi connectivity index (χ2v) is 4.65. The average molecular weight is 325 g/mol. The normalized spacial score (nSPS) is 11.4. The van der Waals surface area contributed by atoms with Crippen molar-refractivity contribution in [2.45, 2.75) is 25.4 Å². The highest BCUT2D eigenvalue weighted by Crippen LogP contribution is 2.26. The molecule has 0 spiro atoms. The molecule has 0 aliphatic rings. The highest BCUT2D eigenvalue weighted by atomic mass is 79.9. The Morgan fingerprint density at radius 1 is 1.39 bits per heavy atom. The van der Waals surface area contributed by atoms with Crippen LogP contribution in [0.2, 0.25) is 0 Å². The van der Waals surface area contributed by atoms with Gasteiger partial charge in [0, 0.05) is 12.8 Å². The first-order chi connectivity index (χ1) is 8.31. The molecular weight excluding hydrogens is 313 g/mol. The number of hydrogen-bond acceptors (Lipinski definition) is 2. The molecule has 0 atom stereocenters. The van der Waals surface area contributed by atoms with E-state index in [2.05, 4.69) is 15.9 Å². The maximum absolute atomic E-state index is 11.9. The van der Waals surface area contributed by atoms with Gasteiger partial charge in [0.05, 0.1) is 18.0 Å². The maximum Gasteiger partial charge on any atom is 0.389 e. The summed E-state index contributed by atoms with van der Waals surface area (Å²) in [6, 6.07) is 5.00. The Morgan fingerprint density at radius 3 is 2.56 bits per heavy atom. The number of rotatable bonds is 5. The van der Waals surface area contributed by atoms with Crippen molar-refractivity contribution in [1.29, 1.82) is 0 Å². The summed E-state index contributed by atoms with van der Waals surface area (Å²) in [7, 11) is 1.51. The van der Waals surface area contributed by atoms with Crippen LogP contribution in [0.25, 0.3) is 0 Å². The van der Waals surface area contributed by atoms with E-state index in [1.807, 2.05) is 0 Å². The van der Waals surface area contributed by atoms with Crippen LogP contribution in [0.15, 0.2) is 22.7 Å². The van der Waals surface area contributed by atoms with E-state index in [1.54, 1.807) is 18.2 Å². The van der Waals surface area contributed by atoms with Crippen LogP contribution in [0.1, 0.15) is 18.4 Å². The number of ketones is 1. The van der Waals surface area contributed by atoms with Gasteiger partial charge < -0.3 is 4.74 Å². The van der Waals surface area contributed by atoms with Crippen LogP contribution in [-0.4, -0.2) is 19.1 Å². The molecule has 0 saturated carbocycles. The number of Topliss-reactive ketones (excluding diaryl/α,β-unsaturated/α-hetero) is 1. The number of carbonyl (C=O) groups excluding carboxylic acids is 1. The Bertz CT molecular complexity index is 430. The molecule has 1 aromatic carbocycles. The lowest BCUT2D eigenvalue weighted by Crippen LogP contribution is -2.12. The van der Waals surface area contributed by atoms with Crippen LogP contribution < -0.4 is 4.74 Å². The molecule has 0 saturated heterocycles. The van der Waals surface area contributed by atoms with Crippen LogP contribution >= 0.6 is 15.9 Å². The summed E-state index contributed by atoms with van der Waals surface area (Å²) in [6.45, 7) is 0. The molecule has 1 rings (SSSR count). The van der Waals surface area contributed by atoms with Gasteiger partial charge in [-0.25, -0.2) is 0 Å². The van der Waals surface area contributed by atoms with Crippen molar-refractivity contribution in [3.8, 4) is 5.75 Å². The van der Waals surface area contributed by atoms with Crippen molar-refractivity contribution in [2.75, 3.05) is 7.11 Å². The molecule has 0 aromatic heterocycles. The summed E-state index contributed by atoms with van der Waals surface area (Å²) in [6.07, 6.45) is -5.83. The van der Waals surface area contributed by atoms with E-state index in [-0.39, 0.29) is 6.42 Å². The molecule has 0 N–H and O–H groups in total. The lowest BCUT2D eigenvalue weighted by molar-refractivity contribution is -0.143. The fraction of sp³-hybridized carbons (Fsp3) is 0.417. The van der Waals surface area contributed by atoms with Gasteiger partial charge in [-0.3, -0.25) is 4.79 Å². The number of carbonyl (C=O) groups is 1. The highest BCUT2D eigenvalue weighted by Gasteiger charge is 2.27. The van der Waals surface area contributed by atoms with E-state index in [4.69, 9.17) is 4.74 Å². The van der Waals surface area contributed by atoms with Crippen molar-refractivity contribution in [3.05, 3.63) is 28.2 Å². The minimum Gasteiger partial charge on any atom is -0.496 e. The first-order valence-corrected chi connectivity index (χ1v) is 6.02. The fourth-order valence-corrected chi connectivity index (χ4v) is 2.01. The smallest absolute Gasteiger partial charge is 0.389 e. The van der Waals surface area contributed by atoms with Crippen LogP contribution in [0.3, 0.4) is 0 Å². The summed E-state index contributed by atoms with van der Waals surface area (Å²) in [5.41, 5.74) is 0.662. The van der Waals surface area contributed by atoms with Gasteiger partial charge in [-0.05, 0) is 33.6 Å². The molecule has 6 heteroatoms. The third-order valence-corrected chi connectivity index (χ3v) is 2.92. The topological polar surface area (TPSA) is 26.3 Å². The largest absolute Gasteiger partial charge is 0.496 e. The second-order valence-electron chi connectivity index (χ2n) is 3.80. The zero-order valence-electron chi connectivity index (χ0n) is 9.68. The first-order valence-electron chi connectivity index (χ1n) is 5.22. The predicted octanol–water partition coefficient (Wildman–Crippen LogP) is 3.91. The first kappa shape index (κ1) is 15.0. The summed E-state index contributed by atoms with van der Waals surface area (Å²) in [5.74, 6) is 0.186. The summed E-state index contributed by atoms with van der Waals surface area (Å²) in [5, 5.41) is 0. The van der Waals surface area contributed by atoms with Crippen LogP contribution in [0.4, 0.5) is 13.2 Å². The van der Waals surface area contributed by atoms with Gasteiger partial charge in [0.2, 0.25) is 0 Å². The Kier molecular flexibility index (Phi) is 5.19.